The number of ether oxygens (including phenoxy) is 1. The normalized spacial score (nSPS) is 17.2. The number of hydrogen-bond acceptors (Lipinski definition) is 6. The van der Waals surface area contributed by atoms with Crippen molar-refractivity contribution < 1.29 is 22.7 Å². The van der Waals surface area contributed by atoms with Crippen LogP contribution in [0.15, 0.2) is 57.8 Å². The van der Waals surface area contributed by atoms with Crippen molar-refractivity contribution in [3.05, 3.63) is 54.1 Å². The maximum Gasteiger partial charge on any atom is 0.285 e. The van der Waals surface area contributed by atoms with Gasteiger partial charge in [0.15, 0.2) is 12.4 Å². The van der Waals surface area contributed by atoms with Gasteiger partial charge in [0, 0.05) is 44.4 Å². The van der Waals surface area contributed by atoms with Crippen LogP contribution in [0.3, 0.4) is 0 Å². The van der Waals surface area contributed by atoms with E-state index >= 15 is 0 Å². The second kappa shape index (κ2) is 9.22. The van der Waals surface area contributed by atoms with Crippen molar-refractivity contribution in [2.45, 2.75) is 17.7 Å². The molecule has 0 aromatic heterocycles. The summed E-state index contributed by atoms with van der Waals surface area (Å²) in [7, 11) is -0.329. The first-order valence-electron chi connectivity index (χ1n) is 10.7. The third-order valence-corrected chi connectivity index (χ3v) is 7.09. The van der Waals surface area contributed by atoms with Crippen molar-refractivity contribution in [3.63, 3.8) is 0 Å². The summed E-state index contributed by atoms with van der Waals surface area (Å²) in [5, 5.41) is 2.92. The topological polar surface area (TPSA) is 108 Å². The van der Waals surface area contributed by atoms with Crippen LogP contribution in [-0.2, 0) is 19.6 Å². The summed E-state index contributed by atoms with van der Waals surface area (Å²) >= 11 is 0. The standard InChI is InChI=1S/C23H26N4O5S/c1-26(2)21(28)15-32-18-9-7-17(8-10-18)24-23(29)16-11-13-27(14-12-16)22-19-5-3-4-6-20(19)33(30,31)25-22/h3-10,16H,11-15H2,1-2H3,(H,24,29). The number of amides is 2. The van der Waals surface area contributed by atoms with Gasteiger partial charge >= 0.3 is 0 Å². The van der Waals surface area contributed by atoms with Gasteiger partial charge in [-0.05, 0) is 49.2 Å². The van der Waals surface area contributed by atoms with Crippen molar-refractivity contribution in [1.29, 1.82) is 0 Å². The molecule has 10 heteroatoms. The van der Waals surface area contributed by atoms with E-state index in [0.29, 0.717) is 48.8 Å². The SMILES string of the molecule is CN(C)C(=O)COc1ccc(NC(=O)C2CCN(C3=NS(=O)(=O)c4ccccc43)CC2)cc1. The molecule has 0 unspecified atom stereocenters. The van der Waals surface area contributed by atoms with E-state index in [-0.39, 0.29) is 29.2 Å². The molecule has 0 bridgehead atoms. The Balaban J connectivity index is 1.31. The smallest absolute Gasteiger partial charge is 0.285 e. The lowest BCUT2D eigenvalue weighted by Crippen LogP contribution is -2.41. The highest BCUT2D eigenvalue weighted by atomic mass is 32.2. The fraction of sp³-hybridized carbons (Fsp3) is 0.348. The number of amidine groups is 1. The quantitative estimate of drug-likeness (QED) is 0.716. The zero-order chi connectivity index (χ0) is 23.6. The van der Waals surface area contributed by atoms with Crippen LogP contribution in [0.25, 0.3) is 0 Å². The summed E-state index contributed by atoms with van der Waals surface area (Å²) in [4.78, 5) is 28.0. The maximum absolute atomic E-state index is 12.7. The highest BCUT2D eigenvalue weighted by Crippen LogP contribution is 2.30. The van der Waals surface area contributed by atoms with Crippen molar-refractivity contribution in [3.8, 4) is 5.75 Å². The number of anilines is 1. The van der Waals surface area contributed by atoms with Crippen molar-refractivity contribution >= 4 is 33.4 Å². The molecule has 0 aliphatic carbocycles. The Bertz CT molecular complexity index is 1180. The number of sulfonamides is 1. The van der Waals surface area contributed by atoms with Gasteiger partial charge in [0.05, 0.1) is 0 Å². The van der Waals surface area contributed by atoms with E-state index in [4.69, 9.17) is 4.74 Å². The number of likely N-dealkylation sites (N-methyl/N-ethyl adjacent to an activating group) is 1. The molecule has 1 saturated heterocycles. The second-order valence-corrected chi connectivity index (χ2v) is 9.81. The molecule has 0 spiro atoms. The first-order valence-corrected chi connectivity index (χ1v) is 12.1. The molecule has 174 valence electrons. The van der Waals surface area contributed by atoms with Crippen molar-refractivity contribution in [2.75, 3.05) is 39.1 Å². The Labute approximate surface area is 193 Å². The first-order chi connectivity index (χ1) is 15.7. The van der Waals surface area contributed by atoms with E-state index in [1.165, 1.54) is 4.90 Å². The van der Waals surface area contributed by atoms with Gasteiger partial charge in [-0.3, -0.25) is 9.59 Å². The number of rotatable bonds is 5. The molecule has 0 atom stereocenters. The number of nitrogens with one attached hydrogen (secondary N) is 1. The summed E-state index contributed by atoms with van der Waals surface area (Å²) < 4.78 is 34.0. The van der Waals surface area contributed by atoms with Gasteiger partial charge in [0.2, 0.25) is 5.91 Å². The predicted octanol–water partition coefficient (Wildman–Crippen LogP) is 1.95. The van der Waals surface area contributed by atoms with E-state index in [9.17, 15) is 18.0 Å². The Kier molecular flexibility index (Phi) is 6.37. The molecule has 2 aliphatic rings. The number of nitrogens with zero attached hydrogens (tertiary/aromatic N) is 3. The summed E-state index contributed by atoms with van der Waals surface area (Å²) in [5.41, 5.74) is 1.27. The average molecular weight is 471 g/mol. The number of carbonyl (C=O) groups is 2. The van der Waals surface area contributed by atoms with Crippen molar-refractivity contribution in [2.24, 2.45) is 10.3 Å². The third kappa shape index (κ3) is 5.00. The summed E-state index contributed by atoms with van der Waals surface area (Å²) in [6, 6.07) is 13.7. The minimum atomic E-state index is -3.66. The Morgan fingerprint density at radius 3 is 2.42 bits per heavy atom. The molecule has 4 rings (SSSR count). The molecule has 2 aromatic rings. The van der Waals surface area contributed by atoms with Gasteiger partial charge in [-0.15, -0.1) is 4.40 Å². The zero-order valence-electron chi connectivity index (χ0n) is 18.5. The van der Waals surface area contributed by atoms with Crippen LogP contribution in [0, 0.1) is 5.92 Å². The largest absolute Gasteiger partial charge is 0.484 e. The van der Waals surface area contributed by atoms with Crippen LogP contribution < -0.4 is 10.1 Å². The number of likely N-dealkylation sites (tertiary alicyclic amines) is 1. The van der Waals surface area contributed by atoms with Crippen molar-refractivity contribution in [1.82, 2.24) is 9.80 Å². The number of piperidine rings is 1. The van der Waals surface area contributed by atoms with Crippen LogP contribution in [0.1, 0.15) is 18.4 Å². The molecule has 9 nitrogen and oxygen atoms in total. The fourth-order valence-corrected chi connectivity index (χ4v) is 5.05. The number of fused-ring (bicyclic) bond motifs is 1. The second-order valence-electron chi connectivity index (χ2n) is 8.24. The third-order valence-electron chi connectivity index (χ3n) is 5.76. The van der Waals surface area contributed by atoms with Gasteiger partial charge in [0.25, 0.3) is 15.9 Å². The van der Waals surface area contributed by atoms with E-state index in [1.807, 2.05) is 4.90 Å². The van der Waals surface area contributed by atoms with Gasteiger partial charge in [-0.25, -0.2) is 0 Å². The highest BCUT2D eigenvalue weighted by molar-refractivity contribution is 7.90. The molecule has 1 N–H and O–H groups in total. The maximum atomic E-state index is 12.7. The van der Waals surface area contributed by atoms with E-state index in [2.05, 4.69) is 9.71 Å². The monoisotopic (exact) mass is 470 g/mol. The van der Waals surface area contributed by atoms with Crippen LogP contribution in [0.4, 0.5) is 5.69 Å². The van der Waals surface area contributed by atoms with Crippen LogP contribution in [0.2, 0.25) is 0 Å². The lowest BCUT2D eigenvalue weighted by molar-refractivity contribution is -0.130. The Morgan fingerprint density at radius 2 is 1.76 bits per heavy atom. The molecular weight excluding hydrogens is 444 g/mol. The summed E-state index contributed by atoms with van der Waals surface area (Å²) in [6.07, 6.45) is 1.20. The van der Waals surface area contributed by atoms with Crippen LogP contribution in [-0.4, -0.2) is 69.7 Å². The number of carbonyl (C=O) groups excluding carboxylic acids is 2. The van der Waals surface area contributed by atoms with Gasteiger partial charge in [-0.2, -0.15) is 8.42 Å². The van der Waals surface area contributed by atoms with Gasteiger partial charge in [0.1, 0.15) is 10.6 Å². The highest BCUT2D eigenvalue weighted by Gasteiger charge is 2.34. The Hall–Kier alpha value is -3.40. The van der Waals surface area contributed by atoms with Gasteiger partial charge in [-0.1, -0.05) is 12.1 Å². The molecule has 1 fully saturated rings. The molecular formula is C23H26N4O5S. The van der Waals surface area contributed by atoms with E-state index < -0.39 is 10.0 Å². The van der Waals surface area contributed by atoms with E-state index in [1.54, 1.807) is 62.6 Å². The number of benzene rings is 2. The molecule has 33 heavy (non-hydrogen) atoms. The minimum absolute atomic E-state index is 0.0473. The van der Waals surface area contributed by atoms with E-state index in [0.717, 1.165) is 0 Å². The first kappa shape index (κ1) is 22.8. The molecule has 0 radical (unpaired) electrons. The molecule has 0 saturated carbocycles. The van der Waals surface area contributed by atoms with Gasteiger partial charge < -0.3 is 19.9 Å². The zero-order valence-corrected chi connectivity index (χ0v) is 19.3. The predicted molar refractivity (Wildman–Crippen MR) is 124 cm³/mol. The summed E-state index contributed by atoms with van der Waals surface area (Å²) in [5.74, 6) is 0.622. The average Bonchev–Trinajstić information content (AvgIpc) is 3.09. The number of hydrogen-bond donors (Lipinski definition) is 1. The molecule has 2 amide bonds. The molecule has 2 aliphatic heterocycles. The fourth-order valence-electron chi connectivity index (χ4n) is 3.82. The molecule has 2 aromatic carbocycles. The Morgan fingerprint density at radius 1 is 1.09 bits per heavy atom. The summed E-state index contributed by atoms with van der Waals surface area (Å²) in [6.45, 7) is 1.05. The lowest BCUT2D eigenvalue weighted by Gasteiger charge is -2.32. The van der Waals surface area contributed by atoms with Crippen LogP contribution in [0.5, 0.6) is 5.75 Å². The van der Waals surface area contributed by atoms with Crippen LogP contribution >= 0.6 is 0 Å². The lowest BCUT2D eigenvalue weighted by atomic mass is 9.95. The minimum Gasteiger partial charge on any atom is -0.484 e. The molecule has 2 heterocycles.